The Morgan fingerprint density at radius 1 is 0.812 bits per heavy atom. The number of hydrogen-bond donors (Lipinski definition) is 1. The molecule has 1 radical (unpaired) electrons. The minimum atomic E-state index is -1.63. The Kier molecular flexibility index (Phi) is 6.10. The summed E-state index contributed by atoms with van der Waals surface area (Å²) in [6.07, 6.45) is 0. The predicted octanol–water partition coefficient (Wildman–Crippen LogP) is 5.08. The molecule has 0 saturated heterocycles. The van der Waals surface area contributed by atoms with E-state index < -0.39 is 20.7 Å². The van der Waals surface area contributed by atoms with Crippen LogP contribution in [0, 0.1) is 5.95 Å². The first-order chi connectivity index (χ1) is 15.3. The van der Waals surface area contributed by atoms with Crippen LogP contribution in [0.4, 0.5) is 4.39 Å². The summed E-state index contributed by atoms with van der Waals surface area (Å²) >= 11 is 0. The first kappa shape index (κ1) is 21.8. The van der Waals surface area contributed by atoms with Crippen LogP contribution in [0.1, 0.15) is 26.3 Å². The van der Waals surface area contributed by atoms with Crippen molar-refractivity contribution in [3.05, 3.63) is 103 Å². The molecule has 1 heterocycles. The smallest absolute Gasteiger partial charge is 0.352 e. The van der Waals surface area contributed by atoms with Gasteiger partial charge in [0.15, 0.2) is 5.75 Å². The molecule has 32 heavy (non-hydrogen) atoms. The van der Waals surface area contributed by atoms with Gasteiger partial charge in [-0.15, -0.1) is 0 Å². The molecule has 1 N–H and O–H groups in total. The molecule has 0 aliphatic rings. The van der Waals surface area contributed by atoms with Crippen LogP contribution >= 0.6 is 0 Å². The van der Waals surface area contributed by atoms with E-state index in [0.29, 0.717) is 17.0 Å². The highest BCUT2D eigenvalue weighted by molar-refractivity contribution is 6.80. The number of rotatable bonds is 5. The van der Waals surface area contributed by atoms with Gasteiger partial charge in [0.2, 0.25) is 0 Å². The van der Waals surface area contributed by atoms with E-state index in [4.69, 9.17) is 4.43 Å². The molecule has 3 nitrogen and oxygen atoms in total. The van der Waals surface area contributed by atoms with Gasteiger partial charge in [0.1, 0.15) is 5.75 Å². The number of halogens is 1. The van der Waals surface area contributed by atoms with Crippen molar-refractivity contribution in [1.29, 1.82) is 0 Å². The molecule has 1 aromatic heterocycles. The molecule has 0 unspecified atom stereocenters. The van der Waals surface area contributed by atoms with Gasteiger partial charge in [-0.05, 0) is 45.6 Å². The summed E-state index contributed by atoms with van der Waals surface area (Å²) in [5.74, 6) is -0.720. The largest absolute Gasteiger partial charge is 0.532 e. The first-order valence-corrected chi connectivity index (χ1v) is 11.9. The Hall–Kier alpha value is -3.44. The predicted molar refractivity (Wildman–Crippen MR) is 129 cm³/mol. The Labute approximate surface area is 189 Å². The zero-order valence-electron chi connectivity index (χ0n) is 18.3. The van der Waals surface area contributed by atoms with E-state index in [1.807, 2.05) is 54.6 Å². The SMILES string of the molecule is CC(C)(C)c1ccc(-c2ccc(O)c(F)n2)c(O[Si](c2ccccc2)c2ccccc2)c1. The summed E-state index contributed by atoms with van der Waals surface area (Å²) < 4.78 is 20.8. The second kappa shape index (κ2) is 8.97. The number of benzene rings is 3. The number of aromatic nitrogens is 1. The van der Waals surface area contributed by atoms with Crippen molar-refractivity contribution in [2.45, 2.75) is 26.2 Å². The van der Waals surface area contributed by atoms with Gasteiger partial charge >= 0.3 is 9.04 Å². The molecule has 0 aliphatic heterocycles. The van der Waals surface area contributed by atoms with Crippen molar-refractivity contribution in [2.24, 2.45) is 0 Å². The highest BCUT2D eigenvalue weighted by atomic mass is 28.3. The summed E-state index contributed by atoms with van der Waals surface area (Å²) in [5, 5.41) is 11.8. The lowest BCUT2D eigenvalue weighted by molar-refractivity contribution is 0.419. The third-order valence-electron chi connectivity index (χ3n) is 5.24. The molecule has 0 fully saturated rings. The average molecular weight is 443 g/mol. The maximum absolute atomic E-state index is 14.1. The third-order valence-corrected chi connectivity index (χ3v) is 7.38. The lowest BCUT2D eigenvalue weighted by atomic mass is 9.86. The van der Waals surface area contributed by atoms with E-state index in [1.54, 1.807) is 6.07 Å². The van der Waals surface area contributed by atoms with E-state index in [-0.39, 0.29) is 5.41 Å². The molecule has 4 rings (SSSR count). The fraction of sp³-hybridized carbons (Fsp3) is 0.148. The molecular formula is C27H25FNO2Si. The number of nitrogens with zero attached hydrogens (tertiary/aromatic N) is 1. The Bertz CT molecular complexity index is 1170. The summed E-state index contributed by atoms with van der Waals surface area (Å²) in [6.45, 7) is 6.43. The van der Waals surface area contributed by atoms with Crippen LogP contribution in [0.25, 0.3) is 11.3 Å². The van der Waals surface area contributed by atoms with Crippen LogP contribution < -0.4 is 14.8 Å². The van der Waals surface area contributed by atoms with Crippen molar-refractivity contribution in [3.8, 4) is 22.8 Å². The average Bonchev–Trinajstić information content (AvgIpc) is 2.80. The monoisotopic (exact) mass is 442 g/mol. The van der Waals surface area contributed by atoms with Crippen LogP contribution in [0.5, 0.6) is 11.5 Å². The molecule has 3 aromatic carbocycles. The van der Waals surface area contributed by atoms with E-state index >= 15 is 0 Å². The minimum Gasteiger partial charge on any atom is -0.532 e. The standard InChI is InChI=1S/C27H25FNO2Si/c1-27(2,3)19-14-15-22(23-16-17-24(30)26(28)29-23)25(18-19)31-32(20-10-6-4-7-11-20)21-12-8-5-9-13-21/h4-18,30H,1-3H3. The Morgan fingerprint density at radius 3 is 1.94 bits per heavy atom. The molecule has 0 atom stereocenters. The summed E-state index contributed by atoms with van der Waals surface area (Å²) in [5.41, 5.74) is 2.12. The van der Waals surface area contributed by atoms with Gasteiger partial charge in [-0.3, -0.25) is 0 Å². The lowest BCUT2D eigenvalue weighted by Crippen LogP contribution is -2.47. The van der Waals surface area contributed by atoms with Crippen molar-refractivity contribution in [2.75, 3.05) is 0 Å². The zero-order chi connectivity index (χ0) is 22.7. The molecule has 4 aromatic rings. The third kappa shape index (κ3) is 4.73. The minimum absolute atomic E-state index is 0.0866. The normalized spacial score (nSPS) is 11.5. The van der Waals surface area contributed by atoms with Gasteiger partial charge in [-0.25, -0.2) is 4.98 Å². The molecule has 0 saturated carbocycles. The summed E-state index contributed by atoms with van der Waals surface area (Å²) in [4.78, 5) is 3.96. The van der Waals surface area contributed by atoms with Gasteiger partial charge in [-0.2, -0.15) is 4.39 Å². The molecule has 5 heteroatoms. The maximum atomic E-state index is 14.1. The molecule has 0 amide bonds. The van der Waals surface area contributed by atoms with Crippen molar-refractivity contribution in [3.63, 3.8) is 0 Å². The summed E-state index contributed by atoms with van der Waals surface area (Å²) in [7, 11) is -1.63. The molecule has 161 valence electrons. The van der Waals surface area contributed by atoms with Gasteiger partial charge < -0.3 is 9.53 Å². The molecule has 0 aliphatic carbocycles. The van der Waals surface area contributed by atoms with E-state index in [9.17, 15) is 9.50 Å². The van der Waals surface area contributed by atoms with Crippen molar-refractivity contribution < 1.29 is 13.9 Å². The van der Waals surface area contributed by atoms with Crippen molar-refractivity contribution in [1.82, 2.24) is 4.98 Å². The Balaban J connectivity index is 1.86. The molecular weight excluding hydrogens is 417 g/mol. The number of aromatic hydroxyl groups is 1. The fourth-order valence-corrected chi connectivity index (χ4v) is 5.38. The van der Waals surface area contributed by atoms with Crippen LogP contribution in [-0.4, -0.2) is 19.1 Å². The second-order valence-corrected chi connectivity index (χ2v) is 10.6. The quantitative estimate of drug-likeness (QED) is 0.346. The lowest BCUT2D eigenvalue weighted by Gasteiger charge is -2.24. The highest BCUT2D eigenvalue weighted by Gasteiger charge is 2.25. The number of hydrogen-bond acceptors (Lipinski definition) is 3. The first-order valence-electron chi connectivity index (χ1n) is 10.5. The highest BCUT2D eigenvalue weighted by Crippen LogP contribution is 2.35. The number of pyridine rings is 1. The zero-order valence-corrected chi connectivity index (χ0v) is 19.3. The van der Waals surface area contributed by atoms with Crippen LogP contribution in [0.15, 0.2) is 91.0 Å². The van der Waals surface area contributed by atoms with E-state index in [0.717, 1.165) is 15.9 Å². The van der Waals surface area contributed by atoms with Crippen LogP contribution in [0.2, 0.25) is 0 Å². The van der Waals surface area contributed by atoms with E-state index in [1.165, 1.54) is 6.07 Å². The van der Waals surface area contributed by atoms with Gasteiger partial charge in [0, 0.05) is 5.56 Å². The van der Waals surface area contributed by atoms with Crippen molar-refractivity contribution >= 4 is 19.4 Å². The maximum Gasteiger partial charge on any atom is 0.352 e. The second-order valence-electron chi connectivity index (χ2n) is 8.63. The Morgan fingerprint density at radius 2 is 1.41 bits per heavy atom. The van der Waals surface area contributed by atoms with Crippen LogP contribution in [-0.2, 0) is 5.41 Å². The van der Waals surface area contributed by atoms with Gasteiger partial charge in [0.25, 0.3) is 5.95 Å². The molecule has 0 spiro atoms. The van der Waals surface area contributed by atoms with E-state index in [2.05, 4.69) is 50.0 Å². The summed E-state index contributed by atoms with van der Waals surface area (Å²) in [6, 6.07) is 29.2. The van der Waals surface area contributed by atoms with Gasteiger partial charge in [-0.1, -0.05) is 87.5 Å². The van der Waals surface area contributed by atoms with Crippen LogP contribution in [0.3, 0.4) is 0 Å². The molecule has 0 bridgehead atoms. The fourth-order valence-electron chi connectivity index (χ4n) is 3.44. The topological polar surface area (TPSA) is 42.4 Å². The van der Waals surface area contributed by atoms with Gasteiger partial charge in [0.05, 0.1) is 5.69 Å².